The molecule has 0 saturated heterocycles. The molecule has 128 valence electrons. The molecule has 0 unspecified atom stereocenters. The second-order valence-electron chi connectivity index (χ2n) is 4.76. The molecule has 0 fully saturated rings. The Bertz CT molecular complexity index is 720. The van der Waals surface area contributed by atoms with Gasteiger partial charge in [-0.05, 0) is 25.1 Å². The van der Waals surface area contributed by atoms with Crippen molar-refractivity contribution in [1.29, 1.82) is 0 Å². The van der Waals surface area contributed by atoms with Gasteiger partial charge in [0, 0.05) is 12.4 Å². The number of imidazole rings is 1. The van der Waals surface area contributed by atoms with Gasteiger partial charge < -0.3 is 19.4 Å². The maximum absolute atomic E-state index is 12.6. The molecule has 0 saturated carbocycles. The third kappa shape index (κ3) is 4.06. The number of benzene rings is 1. The minimum atomic E-state index is -3.11. The van der Waals surface area contributed by atoms with Gasteiger partial charge in [-0.3, -0.25) is 4.79 Å². The zero-order valence-electron chi connectivity index (χ0n) is 12.9. The van der Waals surface area contributed by atoms with Crippen LogP contribution in [0.2, 0.25) is 0 Å². The number of ether oxygens (including phenoxy) is 2. The van der Waals surface area contributed by atoms with Crippen molar-refractivity contribution in [3.8, 4) is 5.75 Å². The van der Waals surface area contributed by atoms with Crippen molar-refractivity contribution in [2.75, 3.05) is 12.4 Å². The van der Waals surface area contributed by atoms with E-state index in [-0.39, 0.29) is 17.0 Å². The molecule has 2 aromatic rings. The van der Waals surface area contributed by atoms with E-state index in [4.69, 9.17) is 0 Å². The number of esters is 1. The fourth-order valence-electron chi connectivity index (χ4n) is 1.94. The normalized spacial score (nSPS) is 11.9. The van der Waals surface area contributed by atoms with Crippen LogP contribution in [0.25, 0.3) is 0 Å². The summed E-state index contributed by atoms with van der Waals surface area (Å²) in [5.41, 5.74) is 0.0359. The van der Waals surface area contributed by atoms with Gasteiger partial charge in [0.2, 0.25) is 5.91 Å². The molecule has 0 aliphatic heterocycles. The smallest absolute Gasteiger partial charge is 0.387 e. The van der Waals surface area contributed by atoms with Crippen LogP contribution in [0.15, 0.2) is 36.9 Å². The number of rotatable bonds is 6. The number of nitrogens with zero attached hydrogens (tertiary/aromatic N) is 2. The molecule has 2 rings (SSSR count). The van der Waals surface area contributed by atoms with E-state index in [2.05, 4.69) is 19.8 Å². The van der Waals surface area contributed by atoms with Crippen molar-refractivity contribution >= 4 is 17.6 Å². The number of anilines is 1. The van der Waals surface area contributed by atoms with Gasteiger partial charge in [0.05, 0.1) is 24.7 Å². The highest BCUT2D eigenvalue weighted by molar-refractivity contribution is 5.96. The molecule has 24 heavy (non-hydrogen) atoms. The largest absolute Gasteiger partial charge is 0.465 e. The van der Waals surface area contributed by atoms with Gasteiger partial charge in [-0.1, -0.05) is 0 Å². The first-order chi connectivity index (χ1) is 11.4. The number of halogens is 2. The van der Waals surface area contributed by atoms with Gasteiger partial charge in [0.1, 0.15) is 11.8 Å². The fourth-order valence-corrected chi connectivity index (χ4v) is 1.94. The van der Waals surface area contributed by atoms with Crippen LogP contribution in [0.3, 0.4) is 0 Å². The summed E-state index contributed by atoms with van der Waals surface area (Å²) in [7, 11) is 1.17. The number of carbonyl (C=O) groups excluding carboxylic acids is 2. The molecule has 9 heteroatoms. The zero-order chi connectivity index (χ0) is 17.7. The lowest BCUT2D eigenvalue weighted by molar-refractivity contribution is -0.118. The van der Waals surface area contributed by atoms with E-state index in [1.54, 1.807) is 17.7 Å². The SMILES string of the molecule is COC(=O)c1ccc(NC(=O)[C@H](C)n2ccnc2)c(OC(F)F)c1. The predicted octanol–water partition coefficient (Wildman–Crippen LogP) is 2.47. The minimum Gasteiger partial charge on any atom is -0.465 e. The number of amides is 1. The van der Waals surface area contributed by atoms with E-state index >= 15 is 0 Å². The highest BCUT2D eigenvalue weighted by atomic mass is 19.3. The summed E-state index contributed by atoms with van der Waals surface area (Å²) < 4.78 is 35.6. The molecule has 1 aromatic heterocycles. The first kappa shape index (κ1) is 17.4. The van der Waals surface area contributed by atoms with Crippen molar-refractivity contribution in [1.82, 2.24) is 9.55 Å². The van der Waals surface area contributed by atoms with Crippen LogP contribution >= 0.6 is 0 Å². The lowest BCUT2D eigenvalue weighted by atomic mass is 10.2. The summed E-state index contributed by atoms with van der Waals surface area (Å²) >= 11 is 0. The first-order valence-electron chi connectivity index (χ1n) is 6.88. The number of carbonyl (C=O) groups is 2. The van der Waals surface area contributed by atoms with Crippen LogP contribution in [0.4, 0.5) is 14.5 Å². The maximum atomic E-state index is 12.6. The Hall–Kier alpha value is -2.97. The van der Waals surface area contributed by atoms with Gasteiger partial charge in [0.15, 0.2) is 0 Å². The third-order valence-corrected chi connectivity index (χ3v) is 3.23. The van der Waals surface area contributed by atoms with Gasteiger partial charge in [0.25, 0.3) is 0 Å². The highest BCUT2D eigenvalue weighted by Gasteiger charge is 2.19. The van der Waals surface area contributed by atoms with Gasteiger partial charge >= 0.3 is 12.6 Å². The Balaban J connectivity index is 2.24. The molecule has 1 heterocycles. The van der Waals surface area contributed by atoms with E-state index in [0.29, 0.717) is 0 Å². The van der Waals surface area contributed by atoms with Crippen LogP contribution in [0.5, 0.6) is 5.75 Å². The van der Waals surface area contributed by atoms with Crippen LogP contribution in [-0.4, -0.2) is 35.1 Å². The minimum absolute atomic E-state index is 0.0138. The monoisotopic (exact) mass is 339 g/mol. The van der Waals surface area contributed by atoms with E-state index in [9.17, 15) is 18.4 Å². The molecule has 0 aliphatic rings. The molecular formula is C15H15F2N3O4. The van der Waals surface area contributed by atoms with Crippen molar-refractivity contribution in [2.45, 2.75) is 19.6 Å². The molecule has 7 nitrogen and oxygen atoms in total. The molecule has 1 N–H and O–H groups in total. The van der Waals surface area contributed by atoms with Crippen LogP contribution < -0.4 is 10.1 Å². The molecule has 0 aliphatic carbocycles. The Morgan fingerprint density at radius 3 is 2.67 bits per heavy atom. The number of methoxy groups -OCH3 is 1. The standard InChI is InChI=1S/C15H15F2N3O4/c1-9(20-6-5-18-8-20)13(21)19-11-4-3-10(14(22)23-2)7-12(11)24-15(16)17/h3-9,15H,1-2H3,(H,19,21)/t9-/m0/s1. The fraction of sp³-hybridized carbons (Fsp3) is 0.267. The summed E-state index contributed by atoms with van der Waals surface area (Å²) in [6, 6.07) is 3.09. The van der Waals surface area contributed by atoms with Crippen molar-refractivity contribution in [2.24, 2.45) is 0 Å². The quantitative estimate of drug-likeness (QED) is 0.818. The second-order valence-corrected chi connectivity index (χ2v) is 4.76. The Morgan fingerprint density at radius 2 is 2.08 bits per heavy atom. The number of hydrogen-bond acceptors (Lipinski definition) is 5. The van der Waals surface area contributed by atoms with Gasteiger partial charge in [-0.2, -0.15) is 8.78 Å². The van der Waals surface area contributed by atoms with E-state index in [1.165, 1.54) is 31.8 Å². The van der Waals surface area contributed by atoms with E-state index < -0.39 is 24.5 Å². The molecule has 1 atom stereocenters. The number of alkyl halides is 2. The molecule has 0 radical (unpaired) electrons. The molecule has 1 aromatic carbocycles. The Kier molecular flexibility index (Phi) is 5.46. The molecule has 0 bridgehead atoms. The third-order valence-electron chi connectivity index (χ3n) is 3.23. The predicted molar refractivity (Wildman–Crippen MR) is 80.0 cm³/mol. The summed E-state index contributed by atoms with van der Waals surface area (Å²) in [6.45, 7) is -1.49. The average molecular weight is 339 g/mol. The molecular weight excluding hydrogens is 324 g/mol. The Labute approximate surface area is 136 Å². The first-order valence-corrected chi connectivity index (χ1v) is 6.88. The summed E-state index contributed by atoms with van der Waals surface area (Å²) in [5.74, 6) is -1.50. The van der Waals surface area contributed by atoms with Gasteiger partial charge in [-0.25, -0.2) is 9.78 Å². The lowest BCUT2D eigenvalue weighted by Crippen LogP contribution is -2.23. The summed E-state index contributed by atoms with van der Waals surface area (Å²) in [6.07, 6.45) is 4.57. The molecule has 0 spiro atoms. The van der Waals surface area contributed by atoms with Gasteiger partial charge in [-0.15, -0.1) is 0 Å². The average Bonchev–Trinajstić information content (AvgIpc) is 3.08. The van der Waals surface area contributed by atoms with Crippen molar-refractivity contribution in [3.05, 3.63) is 42.5 Å². The number of aromatic nitrogens is 2. The summed E-state index contributed by atoms with van der Waals surface area (Å²) in [5, 5.41) is 2.49. The lowest BCUT2D eigenvalue weighted by Gasteiger charge is -2.16. The second kappa shape index (κ2) is 7.53. The van der Waals surface area contributed by atoms with E-state index in [1.807, 2.05) is 0 Å². The maximum Gasteiger partial charge on any atom is 0.387 e. The molecule has 1 amide bonds. The van der Waals surface area contributed by atoms with Crippen molar-refractivity contribution in [3.63, 3.8) is 0 Å². The van der Waals surface area contributed by atoms with Crippen LogP contribution in [0.1, 0.15) is 23.3 Å². The number of hydrogen-bond donors (Lipinski definition) is 1. The van der Waals surface area contributed by atoms with Crippen LogP contribution in [-0.2, 0) is 9.53 Å². The van der Waals surface area contributed by atoms with Crippen LogP contribution in [0, 0.1) is 0 Å². The van der Waals surface area contributed by atoms with E-state index in [0.717, 1.165) is 6.07 Å². The number of nitrogens with one attached hydrogen (secondary N) is 1. The Morgan fingerprint density at radius 1 is 1.33 bits per heavy atom. The van der Waals surface area contributed by atoms with Crippen molar-refractivity contribution < 1.29 is 27.8 Å². The zero-order valence-corrected chi connectivity index (χ0v) is 12.9. The topological polar surface area (TPSA) is 82.5 Å². The highest BCUT2D eigenvalue weighted by Crippen LogP contribution is 2.28. The summed E-state index contributed by atoms with van der Waals surface area (Å²) in [4.78, 5) is 27.6.